The molecule has 2 N–H and O–H groups in total. The van der Waals surface area contributed by atoms with Crippen molar-refractivity contribution in [2.75, 3.05) is 19.8 Å². The van der Waals surface area contributed by atoms with Crippen LogP contribution in [0.25, 0.3) is 0 Å². The topological polar surface area (TPSA) is 63.5 Å². The van der Waals surface area contributed by atoms with Gasteiger partial charge in [-0.2, -0.15) is 0 Å². The molecule has 2 unspecified atom stereocenters. The summed E-state index contributed by atoms with van der Waals surface area (Å²) in [4.78, 5) is 12.1. The molecule has 1 aromatic rings. The zero-order valence-corrected chi connectivity index (χ0v) is 11.0. The first kappa shape index (κ1) is 12.7. The fourth-order valence-electron chi connectivity index (χ4n) is 2.86. The first-order chi connectivity index (χ1) is 9.33. The Morgan fingerprint density at radius 3 is 3.32 bits per heavy atom. The van der Waals surface area contributed by atoms with Crippen LogP contribution in [0.2, 0.25) is 0 Å². The van der Waals surface area contributed by atoms with Gasteiger partial charge < -0.3 is 19.8 Å². The summed E-state index contributed by atoms with van der Waals surface area (Å²) in [6.45, 7) is 2.18. The molecule has 19 heavy (non-hydrogen) atoms. The summed E-state index contributed by atoms with van der Waals surface area (Å²) in [6, 6.07) is 2.22. The molecule has 2 heterocycles. The zero-order valence-electron chi connectivity index (χ0n) is 11.0. The van der Waals surface area contributed by atoms with Crippen molar-refractivity contribution in [2.45, 2.75) is 37.8 Å². The maximum atomic E-state index is 12.1. The predicted molar refractivity (Wildman–Crippen MR) is 69.8 cm³/mol. The highest BCUT2D eigenvalue weighted by molar-refractivity contribution is 5.77. The Labute approximate surface area is 112 Å². The van der Waals surface area contributed by atoms with Crippen molar-refractivity contribution < 1.29 is 13.9 Å². The number of carbonyl (C=O) groups excluding carboxylic acids is 1. The van der Waals surface area contributed by atoms with Crippen LogP contribution in [-0.4, -0.2) is 31.7 Å². The van der Waals surface area contributed by atoms with Crippen molar-refractivity contribution in [3.05, 3.63) is 23.7 Å². The second kappa shape index (κ2) is 5.75. The van der Waals surface area contributed by atoms with Crippen LogP contribution in [0.4, 0.5) is 0 Å². The van der Waals surface area contributed by atoms with Gasteiger partial charge in [0.1, 0.15) is 5.76 Å². The lowest BCUT2D eigenvalue weighted by Gasteiger charge is -2.26. The number of carbonyl (C=O) groups is 1. The maximum Gasteiger partial charge on any atom is 0.222 e. The first-order valence-electron chi connectivity index (χ1n) is 6.99. The van der Waals surface area contributed by atoms with Crippen LogP contribution >= 0.6 is 0 Å². The van der Waals surface area contributed by atoms with E-state index in [1.54, 1.807) is 6.26 Å². The molecular weight excluding hydrogens is 244 g/mol. The molecule has 0 radical (unpaired) electrons. The van der Waals surface area contributed by atoms with E-state index in [-0.39, 0.29) is 18.0 Å². The van der Waals surface area contributed by atoms with Crippen LogP contribution < -0.4 is 10.6 Å². The second-order valence-corrected chi connectivity index (χ2v) is 5.24. The van der Waals surface area contributed by atoms with Crippen LogP contribution in [-0.2, 0) is 16.0 Å². The van der Waals surface area contributed by atoms with Gasteiger partial charge in [0.15, 0.2) is 0 Å². The molecule has 1 aromatic heterocycles. The molecule has 0 spiro atoms. The summed E-state index contributed by atoms with van der Waals surface area (Å²) in [7, 11) is 0. The van der Waals surface area contributed by atoms with Gasteiger partial charge >= 0.3 is 0 Å². The Morgan fingerprint density at radius 2 is 2.47 bits per heavy atom. The standard InChI is InChI=1S/C14H20N2O3/c17-14(8-10-9-18-7-5-15-10)16-12-2-1-3-13-11(12)4-6-19-13/h4,6,10,12,15H,1-3,5,7-9H2,(H,16,17). The number of rotatable bonds is 3. The minimum atomic E-state index is 0.0852. The molecule has 2 atom stereocenters. The Morgan fingerprint density at radius 1 is 1.53 bits per heavy atom. The minimum Gasteiger partial charge on any atom is -0.469 e. The van der Waals surface area contributed by atoms with E-state index in [9.17, 15) is 4.79 Å². The fraction of sp³-hybridized carbons (Fsp3) is 0.643. The molecule has 0 saturated carbocycles. The van der Waals surface area contributed by atoms with Gasteiger partial charge in [0.25, 0.3) is 0 Å². The molecule has 0 aromatic carbocycles. The minimum absolute atomic E-state index is 0.0852. The quantitative estimate of drug-likeness (QED) is 0.859. The zero-order chi connectivity index (χ0) is 13.1. The summed E-state index contributed by atoms with van der Waals surface area (Å²) in [5.74, 6) is 1.11. The van der Waals surface area contributed by atoms with E-state index in [4.69, 9.17) is 9.15 Å². The van der Waals surface area contributed by atoms with Gasteiger partial charge in [-0.05, 0) is 18.9 Å². The molecule has 3 rings (SSSR count). The van der Waals surface area contributed by atoms with Crippen LogP contribution in [0, 0.1) is 0 Å². The number of furan rings is 1. The third kappa shape index (κ3) is 2.98. The molecule has 0 bridgehead atoms. The van der Waals surface area contributed by atoms with Gasteiger partial charge in [-0.25, -0.2) is 0 Å². The van der Waals surface area contributed by atoms with Crippen LogP contribution in [0.15, 0.2) is 16.7 Å². The molecule has 104 valence electrons. The lowest BCUT2D eigenvalue weighted by Crippen LogP contribution is -2.44. The molecule has 1 saturated heterocycles. The number of hydrogen-bond acceptors (Lipinski definition) is 4. The predicted octanol–water partition coefficient (Wildman–Crippen LogP) is 1.15. The molecule has 5 nitrogen and oxygen atoms in total. The van der Waals surface area contributed by atoms with Crippen molar-refractivity contribution in [3.63, 3.8) is 0 Å². The number of fused-ring (bicyclic) bond motifs is 1. The Bertz CT molecular complexity index is 438. The van der Waals surface area contributed by atoms with E-state index >= 15 is 0 Å². The van der Waals surface area contributed by atoms with Gasteiger partial charge in [0.05, 0.1) is 25.5 Å². The highest BCUT2D eigenvalue weighted by Crippen LogP contribution is 2.30. The number of ether oxygens (including phenoxy) is 1. The number of morpholine rings is 1. The van der Waals surface area contributed by atoms with Gasteiger partial charge in [0.2, 0.25) is 5.91 Å². The smallest absolute Gasteiger partial charge is 0.222 e. The van der Waals surface area contributed by atoms with Crippen LogP contribution in [0.1, 0.15) is 36.6 Å². The number of aryl methyl sites for hydroxylation is 1. The van der Waals surface area contributed by atoms with Crippen LogP contribution in [0.3, 0.4) is 0 Å². The van der Waals surface area contributed by atoms with Crippen molar-refractivity contribution in [1.82, 2.24) is 10.6 Å². The summed E-state index contributed by atoms with van der Waals surface area (Å²) in [5.41, 5.74) is 1.15. The molecule has 1 aliphatic carbocycles. The van der Waals surface area contributed by atoms with Gasteiger partial charge in [0, 0.05) is 31.0 Å². The third-order valence-corrected chi connectivity index (χ3v) is 3.82. The summed E-state index contributed by atoms with van der Waals surface area (Å²) < 4.78 is 10.8. The molecular formula is C14H20N2O3. The summed E-state index contributed by atoms with van der Waals surface area (Å²) >= 11 is 0. The number of nitrogens with one attached hydrogen (secondary N) is 2. The van der Waals surface area contributed by atoms with Crippen molar-refractivity contribution in [3.8, 4) is 0 Å². The normalized spacial score (nSPS) is 26.7. The van der Waals surface area contributed by atoms with E-state index in [2.05, 4.69) is 10.6 Å². The highest BCUT2D eigenvalue weighted by Gasteiger charge is 2.25. The van der Waals surface area contributed by atoms with E-state index in [1.807, 2.05) is 6.07 Å². The van der Waals surface area contributed by atoms with E-state index in [0.717, 1.165) is 43.7 Å². The second-order valence-electron chi connectivity index (χ2n) is 5.24. The molecule has 1 aliphatic heterocycles. The van der Waals surface area contributed by atoms with Crippen LogP contribution in [0.5, 0.6) is 0 Å². The van der Waals surface area contributed by atoms with Gasteiger partial charge in [-0.3, -0.25) is 4.79 Å². The fourth-order valence-corrected chi connectivity index (χ4v) is 2.86. The Hall–Kier alpha value is -1.33. The van der Waals surface area contributed by atoms with Crippen molar-refractivity contribution in [2.24, 2.45) is 0 Å². The van der Waals surface area contributed by atoms with Gasteiger partial charge in [-0.15, -0.1) is 0 Å². The number of hydrogen-bond donors (Lipinski definition) is 2. The van der Waals surface area contributed by atoms with E-state index in [1.165, 1.54) is 0 Å². The van der Waals surface area contributed by atoms with Crippen molar-refractivity contribution >= 4 is 5.91 Å². The largest absolute Gasteiger partial charge is 0.469 e. The Balaban J connectivity index is 1.55. The average Bonchev–Trinajstić information content (AvgIpc) is 2.89. The third-order valence-electron chi connectivity index (χ3n) is 3.82. The lowest BCUT2D eigenvalue weighted by molar-refractivity contribution is -0.123. The SMILES string of the molecule is O=C(CC1COCCN1)NC1CCCc2occc21. The summed E-state index contributed by atoms with van der Waals surface area (Å²) in [6.07, 6.45) is 5.23. The van der Waals surface area contributed by atoms with Crippen molar-refractivity contribution in [1.29, 1.82) is 0 Å². The Kier molecular flexibility index (Phi) is 3.84. The highest BCUT2D eigenvalue weighted by atomic mass is 16.5. The maximum absolute atomic E-state index is 12.1. The van der Waals surface area contributed by atoms with Gasteiger partial charge in [-0.1, -0.05) is 0 Å². The molecule has 1 amide bonds. The average molecular weight is 264 g/mol. The molecule has 1 fully saturated rings. The first-order valence-corrected chi connectivity index (χ1v) is 6.99. The number of amides is 1. The van der Waals surface area contributed by atoms with E-state index in [0.29, 0.717) is 13.0 Å². The lowest BCUT2D eigenvalue weighted by atomic mass is 9.93. The van der Waals surface area contributed by atoms with E-state index < -0.39 is 0 Å². The molecule has 5 heteroatoms. The summed E-state index contributed by atoms with van der Waals surface area (Å²) in [5, 5.41) is 6.41. The monoisotopic (exact) mass is 264 g/mol. The molecule has 2 aliphatic rings.